The molecule has 0 aliphatic carbocycles. The third-order valence-electron chi connectivity index (χ3n) is 2.27. The van der Waals surface area contributed by atoms with E-state index in [0.717, 1.165) is 0 Å². The molecule has 0 saturated heterocycles. The quantitative estimate of drug-likeness (QED) is 0.482. The third-order valence-corrected chi connectivity index (χ3v) is 2.27. The Balaban J connectivity index is 0.00000144. The molecule has 84 valence electrons. The fourth-order valence-corrected chi connectivity index (χ4v) is 1.61. The van der Waals surface area contributed by atoms with Gasteiger partial charge in [0.25, 0.3) is 11.8 Å². The van der Waals surface area contributed by atoms with Crippen molar-refractivity contribution in [2.45, 2.75) is 0 Å². The van der Waals surface area contributed by atoms with Crippen LogP contribution in [0.15, 0.2) is 24.3 Å². The van der Waals surface area contributed by atoms with E-state index in [0.29, 0.717) is 0 Å². The summed E-state index contributed by atoms with van der Waals surface area (Å²) >= 11 is 0. The van der Waals surface area contributed by atoms with Crippen molar-refractivity contribution < 1.29 is 52.1 Å². The van der Waals surface area contributed by atoms with Gasteiger partial charge in [0.1, 0.15) is 0 Å². The second-order valence-electron chi connectivity index (χ2n) is 3.48. The van der Waals surface area contributed by atoms with Crippen LogP contribution in [0, 0.1) is 0 Å². The van der Waals surface area contributed by atoms with Gasteiger partial charge < -0.3 is 17.8 Å². The van der Waals surface area contributed by atoms with Crippen LogP contribution in [0.4, 0.5) is 12.9 Å². The first kappa shape index (κ1) is 14.3. The van der Waals surface area contributed by atoms with Crippen LogP contribution in [0.3, 0.4) is 0 Å². The van der Waals surface area contributed by atoms with E-state index in [1.807, 2.05) is 0 Å². The zero-order chi connectivity index (χ0) is 11.9. The van der Waals surface area contributed by atoms with Gasteiger partial charge in [0.05, 0.1) is 11.1 Å². The van der Waals surface area contributed by atoms with Crippen molar-refractivity contribution in [3.8, 4) is 0 Å². The molecule has 0 bridgehead atoms. The van der Waals surface area contributed by atoms with Crippen LogP contribution in [0.2, 0.25) is 0 Å². The average molecular weight is 251 g/mol. The standard InChI is InChI=1S/C9H6BF3NO2.Na/c11-10(12,13)5-14-8(15)6-3-1-2-4-7(6)9(14)16;/h1-4H,5H2;/q-1;+1. The number of nitrogens with zero attached hydrogens (tertiary/aromatic N) is 1. The molecule has 0 saturated carbocycles. The van der Waals surface area contributed by atoms with Crippen molar-refractivity contribution in [3.05, 3.63) is 35.4 Å². The molecule has 3 nitrogen and oxygen atoms in total. The van der Waals surface area contributed by atoms with E-state index in [2.05, 4.69) is 0 Å². The van der Waals surface area contributed by atoms with Crippen LogP contribution in [0.1, 0.15) is 20.7 Å². The number of carbonyl (C=O) groups excluding carboxylic acids is 2. The minimum Gasteiger partial charge on any atom is -0.448 e. The maximum absolute atomic E-state index is 12.2. The van der Waals surface area contributed by atoms with Crippen LogP contribution < -0.4 is 29.6 Å². The molecule has 1 aromatic rings. The maximum Gasteiger partial charge on any atom is 1.00 e. The number of hydrogen-bond donors (Lipinski definition) is 0. The normalized spacial score (nSPS) is 14.6. The molecule has 1 aromatic carbocycles. The number of benzene rings is 1. The molecule has 2 rings (SSSR count). The molecular weight excluding hydrogens is 245 g/mol. The summed E-state index contributed by atoms with van der Waals surface area (Å²) in [7, 11) is 0. The summed E-state index contributed by atoms with van der Waals surface area (Å²) < 4.78 is 36.6. The zero-order valence-corrected chi connectivity index (χ0v) is 11.0. The largest absolute Gasteiger partial charge is 1.00 e. The molecule has 17 heavy (non-hydrogen) atoms. The van der Waals surface area contributed by atoms with E-state index in [1.54, 1.807) is 0 Å². The second-order valence-corrected chi connectivity index (χ2v) is 3.48. The van der Waals surface area contributed by atoms with Gasteiger partial charge in [-0.2, -0.15) is 0 Å². The minimum absolute atomic E-state index is 0. The Morgan fingerprint density at radius 1 is 1.00 bits per heavy atom. The molecular formula is C9H6BF3NNaO2. The van der Waals surface area contributed by atoms with Gasteiger partial charge in [-0.3, -0.25) is 9.59 Å². The average Bonchev–Trinajstić information content (AvgIpc) is 2.43. The van der Waals surface area contributed by atoms with E-state index in [4.69, 9.17) is 0 Å². The Morgan fingerprint density at radius 2 is 1.41 bits per heavy atom. The van der Waals surface area contributed by atoms with Crippen molar-refractivity contribution in [2.75, 3.05) is 6.44 Å². The Hall–Kier alpha value is -0.785. The van der Waals surface area contributed by atoms with E-state index in [-0.39, 0.29) is 45.6 Å². The Bertz CT molecular complexity index is 443. The first-order valence-electron chi connectivity index (χ1n) is 4.56. The van der Waals surface area contributed by atoms with E-state index >= 15 is 0 Å². The first-order chi connectivity index (χ1) is 7.40. The SMILES string of the molecule is O=C1c2ccccc2C(=O)N1C[B-](F)(F)F.[Na+]. The van der Waals surface area contributed by atoms with Gasteiger partial charge in [-0.15, -0.1) is 0 Å². The van der Waals surface area contributed by atoms with Crippen LogP contribution >= 0.6 is 0 Å². The van der Waals surface area contributed by atoms with E-state index < -0.39 is 25.2 Å². The molecule has 0 aromatic heterocycles. The Kier molecular flexibility index (Phi) is 4.06. The molecule has 1 aliphatic rings. The van der Waals surface area contributed by atoms with Gasteiger partial charge in [0.15, 0.2) is 0 Å². The summed E-state index contributed by atoms with van der Waals surface area (Å²) in [5, 5.41) is 0. The van der Waals surface area contributed by atoms with Crippen molar-refractivity contribution in [2.24, 2.45) is 0 Å². The predicted octanol–water partition coefficient (Wildman–Crippen LogP) is -1.33. The molecule has 0 fully saturated rings. The van der Waals surface area contributed by atoms with Gasteiger partial charge in [-0.25, -0.2) is 0 Å². The summed E-state index contributed by atoms with van der Waals surface area (Å²) in [5.41, 5.74) is 0.0695. The molecule has 0 radical (unpaired) electrons. The summed E-state index contributed by atoms with van der Waals surface area (Å²) in [6.45, 7) is -5.20. The third kappa shape index (κ3) is 2.73. The number of amides is 2. The van der Waals surface area contributed by atoms with Crippen LogP contribution in [-0.2, 0) is 0 Å². The molecule has 0 unspecified atom stereocenters. The Morgan fingerprint density at radius 3 is 1.76 bits per heavy atom. The smallest absolute Gasteiger partial charge is 0.448 e. The van der Waals surface area contributed by atoms with Gasteiger partial charge in [0.2, 0.25) is 0 Å². The topological polar surface area (TPSA) is 37.4 Å². The number of imide groups is 1. The number of fused-ring (bicyclic) bond motifs is 1. The molecule has 0 atom stereocenters. The first-order valence-corrected chi connectivity index (χ1v) is 4.56. The van der Waals surface area contributed by atoms with Gasteiger partial charge in [0, 0.05) is 0 Å². The number of halogens is 3. The number of carbonyl (C=O) groups is 2. The van der Waals surface area contributed by atoms with Crippen molar-refractivity contribution >= 4 is 18.8 Å². The maximum atomic E-state index is 12.2. The molecule has 1 aliphatic heterocycles. The summed E-state index contributed by atoms with van der Waals surface area (Å²) in [5.74, 6) is -1.75. The molecule has 2 amide bonds. The molecule has 0 N–H and O–H groups in total. The summed E-state index contributed by atoms with van der Waals surface area (Å²) in [6.07, 6.45) is -1.48. The summed E-state index contributed by atoms with van der Waals surface area (Å²) in [6, 6.07) is 5.70. The molecule has 0 spiro atoms. The van der Waals surface area contributed by atoms with Gasteiger partial charge >= 0.3 is 36.5 Å². The second kappa shape index (κ2) is 4.84. The Labute approximate surface area is 117 Å². The van der Waals surface area contributed by atoms with Crippen LogP contribution in [0.5, 0.6) is 0 Å². The molecule has 1 heterocycles. The predicted molar refractivity (Wildman–Crippen MR) is 50.9 cm³/mol. The van der Waals surface area contributed by atoms with Crippen LogP contribution in [-0.4, -0.2) is 30.1 Å². The summed E-state index contributed by atoms with van der Waals surface area (Å²) in [4.78, 5) is 23.2. The monoisotopic (exact) mass is 251 g/mol. The van der Waals surface area contributed by atoms with E-state index in [9.17, 15) is 22.5 Å². The van der Waals surface area contributed by atoms with Crippen molar-refractivity contribution in [3.63, 3.8) is 0 Å². The van der Waals surface area contributed by atoms with Crippen molar-refractivity contribution in [1.29, 1.82) is 0 Å². The fraction of sp³-hybridized carbons (Fsp3) is 0.111. The number of rotatable bonds is 2. The number of hydrogen-bond acceptors (Lipinski definition) is 2. The zero-order valence-electron chi connectivity index (χ0n) is 8.99. The van der Waals surface area contributed by atoms with Gasteiger partial charge in [-0.05, 0) is 18.6 Å². The minimum atomic E-state index is -5.20. The van der Waals surface area contributed by atoms with Gasteiger partial charge in [-0.1, -0.05) is 12.1 Å². The van der Waals surface area contributed by atoms with E-state index in [1.165, 1.54) is 24.3 Å². The van der Waals surface area contributed by atoms with Crippen molar-refractivity contribution in [1.82, 2.24) is 4.90 Å². The molecule has 8 heteroatoms. The fourth-order valence-electron chi connectivity index (χ4n) is 1.61. The van der Waals surface area contributed by atoms with Crippen LogP contribution in [0.25, 0.3) is 0 Å².